The molecule has 0 aromatic heterocycles. The van der Waals surface area contributed by atoms with E-state index in [1.807, 2.05) is 25.6 Å². The van der Waals surface area contributed by atoms with E-state index >= 15 is 0 Å². The molecule has 0 aromatic carbocycles. The Hall–Kier alpha value is -0.910. The van der Waals surface area contributed by atoms with Gasteiger partial charge in [-0.15, -0.1) is 0 Å². The number of rotatable bonds is 5. The minimum absolute atomic E-state index is 0.139. The summed E-state index contributed by atoms with van der Waals surface area (Å²) >= 11 is 1.86. The topological polar surface area (TPSA) is 69.6 Å². The molecule has 19 heavy (non-hydrogen) atoms. The van der Waals surface area contributed by atoms with Crippen molar-refractivity contribution < 1.29 is 14.7 Å². The Bertz CT molecular complexity index is 332. The number of carbonyl (C=O) groups is 2. The van der Waals surface area contributed by atoms with Gasteiger partial charge in [0.15, 0.2) is 0 Å². The van der Waals surface area contributed by atoms with Crippen LogP contribution in [-0.4, -0.2) is 52.6 Å². The van der Waals surface area contributed by atoms with Gasteiger partial charge < -0.3 is 15.3 Å². The highest BCUT2D eigenvalue weighted by atomic mass is 32.2. The van der Waals surface area contributed by atoms with Crippen molar-refractivity contribution in [3.05, 3.63) is 0 Å². The van der Waals surface area contributed by atoms with Crippen LogP contribution < -0.4 is 5.32 Å². The lowest BCUT2D eigenvalue weighted by atomic mass is 9.82. The quantitative estimate of drug-likeness (QED) is 0.812. The fourth-order valence-electron chi connectivity index (χ4n) is 2.24. The summed E-state index contributed by atoms with van der Waals surface area (Å²) < 4.78 is 0. The van der Waals surface area contributed by atoms with E-state index < -0.39 is 11.4 Å². The highest BCUT2D eigenvalue weighted by Gasteiger charge is 2.35. The molecule has 110 valence electrons. The van der Waals surface area contributed by atoms with E-state index in [4.69, 9.17) is 0 Å². The van der Waals surface area contributed by atoms with Crippen LogP contribution in [0, 0.1) is 5.41 Å². The van der Waals surface area contributed by atoms with E-state index in [0.29, 0.717) is 18.1 Å². The molecule has 0 aliphatic carbocycles. The summed E-state index contributed by atoms with van der Waals surface area (Å²) in [6.07, 6.45) is 1.04. The third-order valence-corrected chi connectivity index (χ3v) is 5.05. The zero-order valence-corrected chi connectivity index (χ0v) is 12.8. The van der Waals surface area contributed by atoms with Crippen molar-refractivity contribution in [2.45, 2.75) is 38.9 Å². The molecule has 1 unspecified atom stereocenters. The smallest absolute Gasteiger partial charge is 0.317 e. The second-order valence-corrected chi connectivity index (χ2v) is 6.63. The number of urea groups is 1. The van der Waals surface area contributed by atoms with Crippen LogP contribution in [0.3, 0.4) is 0 Å². The molecular formula is C13H24N2O3S. The number of carboxylic acid groups (broad SMARTS) is 1. The van der Waals surface area contributed by atoms with Gasteiger partial charge in [-0.05, 0) is 12.8 Å². The first-order chi connectivity index (χ1) is 8.95. The first-order valence-electron chi connectivity index (χ1n) is 6.83. The number of nitrogens with one attached hydrogen (secondary N) is 1. The van der Waals surface area contributed by atoms with Gasteiger partial charge in [0.25, 0.3) is 0 Å². The van der Waals surface area contributed by atoms with Crippen molar-refractivity contribution in [2.75, 3.05) is 25.4 Å². The Morgan fingerprint density at radius 3 is 2.53 bits per heavy atom. The van der Waals surface area contributed by atoms with E-state index in [1.54, 1.807) is 4.90 Å². The molecule has 2 N–H and O–H groups in total. The summed E-state index contributed by atoms with van der Waals surface area (Å²) in [7, 11) is 0. The van der Waals surface area contributed by atoms with Gasteiger partial charge in [-0.1, -0.05) is 20.8 Å². The number of nitrogens with zero attached hydrogens (tertiary/aromatic N) is 1. The molecule has 0 saturated carbocycles. The molecular weight excluding hydrogens is 264 g/mol. The summed E-state index contributed by atoms with van der Waals surface area (Å²) in [5, 5.41) is 12.6. The second kappa shape index (κ2) is 7.03. The van der Waals surface area contributed by atoms with Gasteiger partial charge in [0.05, 0.1) is 5.41 Å². The number of amides is 2. The highest BCUT2D eigenvalue weighted by Crippen LogP contribution is 2.26. The van der Waals surface area contributed by atoms with Crippen molar-refractivity contribution in [3.63, 3.8) is 0 Å². The maximum absolute atomic E-state index is 12.1. The molecule has 0 radical (unpaired) electrons. The van der Waals surface area contributed by atoms with Crippen molar-refractivity contribution in [1.82, 2.24) is 10.2 Å². The van der Waals surface area contributed by atoms with Crippen LogP contribution in [-0.2, 0) is 4.79 Å². The van der Waals surface area contributed by atoms with Crippen molar-refractivity contribution in [2.24, 2.45) is 5.41 Å². The van der Waals surface area contributed by atoms with E-state index in [-0.39, 0.29) is 12.6 Å². The Morgan fingerprint density at radius 1 is 1.42 bits per heavy atom. The van der Waals surface area contributed by atoms with E-state index in [0.717, 1.165) is 18.8 Å². The third kappa shape index (κ3) is 4.03. The minimum Gasteiger partial charge on any atom is -0.481 e. The number of thioether (sulfide) groups is 1. The summed E-state index contributed by atoms with van der Waals surface area (Å²) in [6, 6.07) is -0.139. The monoisotopic (exact) mass is 288 g/mol. The van der Waals surface area contributed by atoms with Crippen LogP contribution in [0.1, 0.15) is 33.6 Å². The molecule has 1 fully saturated rings. The standard InChI is InChI=1S/C13H24N2O3S/c1-4-13(5-2,11(16)17)9-14-12(18)15-6-7-19-10(3)8-15/h10H,4-9H2,1-3H3,(H,14,18)(H,16,17). The average molecular weight is 288 g/mol. The van der Waals surface area contributed by atoms with Gasteiger partial charge in [0, 0.05) is 30.6 Å². The molecule has 1 atom stereocenters. The molecule has 1 rings (SSSR count). The van der Waals surface area contributed by atoms with Crippen LogP contribution in [0.4, 0.5) is 4.79 Å². The SMILES string of the molecule is CCC(CC)(CNC(=O)N1CCSC(C)C1)C(=O)O. The molecule has 1 saturated heterocycles. The van der Waals surface area contributed by atoms with Gasteiger partial charge in [-0.25, -0.2) is 4.79 Å². The third-order valence-electron chi connectivity index (χ3n) is 3.91. The highest BCUT2D eigenvalue weighted by molar-refractivity contribution is 7.99. The van der Waals surface area contributed by atoms with Gasteiger partial charge in [-0.2, -0.15) is 11.8 Å². The molecule has 0 aromatic rings. The maximum atomic E-state index is 12.1. The lowest BCUT2D eigenvalue weighted by molar-refractivity contribution is -0.149. The van der Waals surface area contributed by atoms with E-state index in [2.05, 4.69) is 12.2 Å². The van der Waals surface area contributed by atoms with Crippen LogP contribution in [0.5, 0.6) is 0 Å². The Balaban J connectivity index is 2.54. The fourth-order valence-corrected chi connectivity index (χ4v) is 3.25. The maximum Gasteiger partial charge on any atom is 0.317 e. The Morgan fingerprint density at radius 2 is 2.05 bits per heavy atom. The van der Waals surface area contributed by atoms with Gasteiger partial charge in [0.1, 0.15) is 0 Å². The molecule has 1 aliphatic heterocycles. The molecule has 0 bridgehead atoms. The van der Waals surface area contributed by atoms with Crippen LogP contribution >= 0.6 is 11.8 Å². The molecule has 0 spiro atoms. The zero-order chi connectivity index (χ0) is 14.5. The first-order valence-corrected chi connectivity index (χ1v) is 7.88. The van der Waals surface area contributed by atoms with Gasteiger partial charge in [-0.3, -0.25) is 4.79 Å². The summed E-state index contributed by atoms with van der Waals surface area (Å²) in [5.74, 6) is 0.112. The number of carbonyl (C=O) groups excluding carboxylic acids is 1. The number of hydrogen-bond acceptors (Lipinski definition) is 3. The molecule has 5 nitrogen and oxygen atoms in total. The van der Waals surface area contributed by atoms with Crippen LogP contribution in [0.2, 0.25) is 0 Å². The van der Waals surface area contributed by atoms with Crippen molar-refractivity contribution in [1.29, 1.82) is 0 Å². The zero-order valence-electron chi connectivity index (χ0n) is 11.9. The van der Waals surface area contributed by atoms with Crippen LogP contribution in [0.15, 0.2) is 0 Å². The fraction of sp³-hybridized carbons (Fsp3) is 0.846. The lowest BCUT2D eigenvalue weighted by Crippen LogP contribution is -2.50. The summed E-state index contributed by atoms with van der Waals surface area (Å²) in [4.78, 5) is 25.2. The first kappa shape index (κ1) is 16.1. The summed E-state index contributed by atoms with van der Waals surface area (Å²) in [6.45, 7) is 7.47. The van der Waals surface area contributed by atoms with Gasteiger partial charge >= 0.3 is 12.0 Å². The van der Waals surface area contributed by atoms with Crippen molar-refractivity contribution in [3.8, 4) is 0 Å². The number of carboxylic acids is 1. The van der Waals surface area contributed by atoms with E-state index in [1.165, 1.54) is 0 Å². The van der Waals surface area contributed by atoms with Gasteiger partial charge in [0.2, 0.25) is 0 Å². The molecule has 1 aliphatic rings. The average Bonchev–Trinajstić information content (AvgIpc) is 2.40. The van der Waals surface area contributed by atoms with E-state index in [9.17, 15) is 14.7 Å². The number of hydrogen-bond donors (Lipinski definition) is 2. The van der Waals surface area contributed by atoms with Crippen LogP contribution in [0.25, 0.3) is 0 Å². The lowest BCUT2D eigenvalue weighted by Gasteiger charge is -2.33. The normalized spacial score (nSPS) is 20.2. The van der Waals surface area contributed by atoms with Crippen molar-refractivity contribution >= 4 is 23.8 Å². The molecule has 1 heterocycles. The largest absolute Gasteiger partial charge is 0.481 e. The number of aliphatic carboxylic acids is 1. The molecule has 6 heteroatoms. The Labute approximate surface area is 119 Å². The second-order valence-electron chi connectivity index (χ2n) is 5.08. The minimum atomic E-state index is -0.841. The molecule has 2 amide bonds. The Kier molecular flexibility index (Phi) is 5.97. The summed E-state index contributed by atoms with van der Waals surface area (Å²) in [5.41, 5.74) is -0.841. The predicted molar refractivity (Wildman–Crippen MR) is 77.5 cm³/mol. The predicted octanol–water partition coefficient (Wildman–Crippen LogP) is 2.02.